The lowest BCUT2D eigenvalue weighted by molar-refractivity contribution is -0.145. The SMILES string of the molecule is CN(CCc1ccncc1)C(=O)C[C@H](Cc1ccccc1)C(=O)O. The number of hydrogen-bond donors (Lipinski definition) is 1. The Morgan fingerprint density at radius 3 is 2.38 bits per heavy atom. The fourth-order valence-electron chi connectivity index (χ4n) is 2.48. The second-order valence-corrected chi connectivity index (χ2v) is 5.85. The van der Waals surface area contributed by atoms with E-state index >= 15 is 0 Å². The Kier molecular flexibility index (Phi) is 6.49. The lowest BCUT2D eigenvalue weighted by Gasteiger charge is -2.20. The molecule has 1 heterocycles. The van der Waals surface area contributed by atoms with E-state index in [0.717, 1.165) is 17.5 Å². The van der Waals surface area contributed by atoms with E-state index in [-0.39, 0.29) is 12.3 Å². The third-order valence-electron chi connectivity index (χ3n) is 4.01. The maximum Gasteiger partial charge on any atom is 0.307 e. The van der Waals surface area contributed by atoms with Gasteiger partial charge in [0.1, 0.15) is 0 Å². The summed E-state index contributed by atoms with van der Waals surface area (Å²) in [4.78, 5) is 29.3. The number of carboxylic acids is 1. The van der Waals surface area contributed by atoms with E-state index in [1.165, 1.54) is 0 Å². The van der Waals surface area contributed by atoms with Crippen molar-refractivity contribution >= 4 is 11.9 Å². The highest BCUT2D eigenvalue weighted by Gasteiger charge is 2.23. The summed E-state index contributed by atoms with van der Waals surface area (Å²) in [7, 11) is 1.71. The Hall–Kier alpha value is -2.69. The topological polar surface area (TPSA) is 70.5 Å². The summed E-state index contributed by atoms with van der Waals surface area (Å²) < 4.78 is 0. The van der Waals surface area contributed by atoms with Crippen LogP contribution in [0.1, 0.15) is 17.5 Å². The van der Waals surface area contributed by atoms with Gasteiger partial charge in [-0.1, -0.05) is 30.3 Å². The van der Waals surface area contributed by atoms with E-state index in [2.05, 4.69) is 4.98 Å². The first kappa shape index (κ1) is 17.7. The van der Waals surface area contributed by atoms with Crippen LogP contribution in [-0.4, -0.2) is 40.5 Å². The molecule has 5 nitrogen and oxygen atoms in total. The Labute approximate surface area is 142 Å². The molecule has 0 spiro atoms. The van der Waals surface area contributed by atoms with Crippen molar-refractivity contribution < 1.29 is 14.7 Å². The smallest absolute Gasteiger partial charge is 0.307 e. The van der Waals surface area contributed by atoms with Gasteiger partial charge in [0.05, 0.1) is 5.92 Å². The van der Waals surface area contributed by atoms with Gasteiger partial charge in [-0.2, -0.15) is 0 Å². The van der Waals surface area contributed by atoms with Gasteiger partial charge < -0.3 is 10.0 Å². The van der Waals surface area contributed by atoms with Gasteiger partial charge in [0.15, 0.2) is 0 Å². The molecule has 1 aromatic carbocycles. The molecule has 0 aliphatic rings. The molecule has 0 bridgehead atoms. The number of carbonyl (C=O) groups is 2. The second-order valence-electron chi connectivity index (χ2n) is 5.85. The van der Waals surface area contributed by atoms with Gasteiger partial charge in [0.25, 0.3) is 0 Å². The summed E-state index contributed by atoms with van der Waals surface area (Å²) in [6.07, 6.45) is 4.54. The molecule has 1 aromatic heterocycles. The van der Waals surface area contributed by atoms with Crippen LogP contribution >= 0.6 is 0 Å². The van der Waals surface area contributed by atoms with Crippen molar-refractivity contribution in [3.05, 3.63) is 66.0 Å². The van der Waals surface area contributed by atoms with Crippen molar-refractivity contribution in [1.82, 2.24) is 9.88 Å². The number of likely N-dealkylation sites (N-methyl/N-ethyl adjacent to an activating group) is 1. The molecule has 0 radical (unpaired) electrons. The van der Waals surface area contributed by atoms with Crippen LogP contribution in [0.3, 0.4) is 0 Å². The van der Waals surface area contributed by atoms with Crippen molar-refractivity contribution in [3.8, 4) is 0 Å². The van der Waals surface area contributed by atoms with Gasteiger partial charge in [0.2, 0.25) is 5.91 Å². The number of amides is 1. The lowest BCUT2D eigenvalue weighted by Crippen LogP contribution is -2.32. The number of aliphatic carboxylic acids is 1. The highest BCUT2D eigenvalue weighted by atomic mass is 16.4. The molecular weight excluding hydrogens is 304 g/mol. The maximum atomic E-state index is 12.3. The standard InChI is InChI=1S/C19H22N2O3/c1-21(12-9-15-7-10-20-11-8-15)18(22)14-17(19(23)24)13-16-5-3-2-4-6-16/h2-8,10-11,17H,9,12-14H2,1H3,(H,23,24)/t17-/m0/s1. The van der Waals surface area contributed by atoms with Crippen LogP contribution in [0, 0.1) is 5.92 Å². The van der Waals surface area contributed by atoms with Crippen molar-refractivity contribution in [2.24, 2.45) is 5.92 Å². The summed E-state index contributed by atoms with van der Waals surface area (Å²) in [5.74, 6) is -1.79. The molecule has 2 rings (SSSR count). The van der Waals surface area contributed by atoms with E-state index in [1.54, 1.807) is 24.3 Å². The molecule has 1 amide bonds. The number of rotatable bonds is 8. The molecule has 1 atom stereocenters. The zero-order valence-corrected chi connectivity index (χ0v) is 13.8. The molecule has 0 fully saturated rings. The predicted molar refractivity (Wildman–Crippen MR) is 91.5 cm³/mol. The molecular formula is C19H22N2O3. The number of nitrogens with zero attached hydrogens (tertiary/aromatic N) is 2. The molecule has 126 valence electrons. The second kappa shape index (κ2) is 8.82. The summed E-state index contributed by atoms with van der Waals surface area (Å²) in [6.45, 7) is 0.556. The minimum atomic E-state index is -0.935. The lowest BCUT2D eigenvalue weighted by atomic mass is 9.95. The summed E-state index contributed by atoms with van der Waals surface area (Å²) >= 11 is 0. The van der Waals surface area contributed by atoms with Crippen LogP contribution in [0.25, 0.3) is 0 Å². The zero-order chi connectivity index (χ0) is 17.4. The fraction of sp³-hybridized carbons (Fsp3) is 0.316. The quantitative estimate of drug-likeness (QED) is 0.809. The number of benzene rings is 1. The van der Waals surface area contributed by atoms with Gasteiger partial charge in [-0.05, 0) is 36.1 Å². The zero-order valence-electron chi connectivity index (χ0n) is 13.8. The molecule has 0 aliphatic heterocycles. The monoisotopic (exact) mass is 326 g/mol. The number of aromatic nitrogens is 1. The highest BCUT2D eigenvalue weighted by molar-refractivity contribution is 5.82. The molecule has 2 aromatic rings. The number of hydrogen-bond acceptors (Lipinski definition) is 3. The van der Waals surface area contributed by atoms with E-state index in [1.807, 2.05) is 42.5 Å². The Morgan fingerprint density at radius 1 is 1.08 bits per heavy atom. The highest BCUT2D eigenvalue weighted by Crippen LogP contribution is 2.14. The van der Waals surface area contributed by atoms with Crippen LogP contribution in [-0.2, 0) is 22.4 Å². The van der Waals surface area contributed by atoms with Crippen LogP contribution < -0.4 is 0 Å². The van der Waals surface area contributed by atoms with Gasteiger partial charge in [-0.3, -0.25) is 14.6 Å². The molecule has 0 saturated carbocycles. The van der Waals surface area contributed by atoms with Crippen molar-refractivity contribution in [1.29, 1.82) is 0 Å². The number of carbonyl (C=O) groups excluding carboxylic acids is 1. The van der Waals surface area contributed by atoms with Crippen molar-refractivity contribution in [2.75, 3.05) is 13.6 Å². The normalized spacial score (nSPS) is 11.7. The minimum absolute atomic E-state index is 0.0110. The van der Waals surface area contributed by atoms with Crippen LogP contribution in [0.15, 0.2) is 54.9 Å². The van der Waals surface area contributed by atoms with Crippen molar-refractivity contribution in [3.63, 3.8) is 0 Å². The number of pyridine rings is 1. The molecule has 1 N–H and O–H groups in total. The molecule has 5 heteroatoms. The van der Waals surface area contributed by atoms with Gasteiger partial charge >= 0.3 is 5.97 Å². The van der Waals surface area contributed by atoms with Gasteiger partial charge in [-0.25, -0.2) is 0 Å². The first-order valence-corrected chi connectivity index (χ1v) is 7.96. The van der Waals surface area contributed by atoms with Gasteiger partial charge in [-0.15, -0.1) is 0 Å². The van der Waals surface area contributed by atoms with Crippen LogP contribution in [0.2, 0.25) is 0 Å². The molecule has 0 saturated heterocycles. The Bertz CT molecular complexity index is 659. The average molecular weight is 326 g/mol. The summed E-state index contributed by atoms with van der Waals surface area (Å²) in [6, 6.07) is 13.2. The van der Waals surface area contributed by atoms with E-state index in [0.29, 0.717) is 13.0 Å². The van der Waals surface area contributed by atoms with Gasteiger partial charge in [0, 0.05) is 32.4 Å². The summed E-state index contributed by atoms with van der Waals surface area (Å²) in [5, 5.41) is 9.40. The first-order chi connectivity index (χ1) is 11.6. The van der Waals surface area contributed by atoms with Crippen LogP contribution in [0.5, 0.6) is 0 Å². The molecule has 24 heavy (non-hydrogen) atoms. The van der Waals surface area contributed by atoms with E-state index in [9.17, 15) is 14.7 Å². The third kappa shape index (κ3) is 5.50. The first-order valence-electron chi connectivity index (χ1n) is 7.96. The predicted octanol–water partition coefficient (Wildman–Crippen LogP) is 2.42. The van der Waals surface area contributed by atoms with E-state index in [4.69, 9.17) is 0 Å². The van der Waals surface area contributed by atoms with Crippen LogP contribution in [0.4, 0.5) is 0 Å². The largest absolute Gasteiger partial charge is 0.481 e. The fourth-order valence-corrected chi connectivity index (χ4v) is 2.48. The van der Waals surface area contributed by atoms with E-state index < -0.39 is 11.9 Å². The molecule has 0 aliphatic carbocycles. The Balaban J connectivity index is 1.88. The van der Waals surface area contributed by atoms with Crippen molar-refractivity contribution in [2.45, 2.75) is 19.3 Å². The Morgan fingerprint density at radius 2 is 1.75 bits per heavy atom. The minimum Gasteiger partial charge on any atom is -0.481 e. The average Bonchev–Trinajstić information content (AvgIpc) is 2.60. The molecule has 0 unspecified atom stereocenters. The third-order valence-corrected chi connectivity index (χ3v) is 4.01. The summed E-state index contributed by atoms with van der Waals surface area (Å²) in [5.41, 5.74) is 2.03. The number of carboxylic acid groups (broad SMARTS) is 1. The maximum absolute atomic E-state index is 12.3.